The topological polar surface area (TPSA) is 143 Å². The molecule has 10 nitrogen and oxygen atoms in total. The van der Waals surface area contributed by atoms with Crippen LogP contribution in [0.25, 0.3) is 33.1 Å². The SMILES string of the molecule is Cc1ccc(S(=O)(=O)n2ncc3cc(-c4cc(N)c5c(F)nn(S(=O)(=O)c6ccccc6)c5c4)cnc32)cc1. The normalized spacial score (nSPS) is 12.4. The lowest BCUT2D eigenvalue weighted by Gasteiger charge is -2.09. The molecule has 39 heavy (non-hydrogen) atoms. The van der Waals surface area contributed by atoms with E-state index in [0.717, 1.165) is 9.65 Å². The average Bonchev–Trinajstić information content (AvgIpc) is 3.51. The fourth-order valence-corrected chi connectivity index (χ4v) is 6.81. The summed E-state index contributed by atoms with van der Waals surface area (Å²) in [6, 6.07) is 18.5. The largest absolute Gasteiger partial charge is 0.398 e. The summed E-state index contributed by atoms with van der Waals surface area (Å²) in [6.07, 6.45) is 2.78. The number of rotatable bonds is 5. The Morgan fingerprint density at radius 3 is 2.18 bits per heavy atom. The highest BCUT2D eigenvalue weighted by Gasteiger charge is 2.26. The van der Waals surface area contributed by atoms with Gasteiger partial charge in [-0.25, -0.2) is 4.98 Å². The number of benzene rings is 3. The molecule has 3 aromatic heterocycles. The summed E-state index contributed by atoms with van der Waals surface area (Å²) >= 11 is 0. The maximum atomic E-state index is 14.8. The Morgan fingerprint density at radius 2 is 1.46 bits per heavy atom. The zero-order valence-electron chi connectivity index (χ0n) is 20.2. The smallest absolute Gasteiger partial charge is 0.284 e. The molecular formula is C26H19FN6O4S2. The van der Waals surface area contributed by atoms with Crippen LogP contribution in [0.2, 0.25) is 0 Å². The zero-order chi connectivity index (χ0) is 27.5. The van der Waals surface area contributed by atoms with Crippen molar-refractivity contribution >= 4 is 47.7 Å². The molecule has 0 fully saturated rings. The number of hydrogen-bond donors (Lipinski definition) is 1. The van der Waals surface area contributed by atoms with E-state index in [4.69, 9.17) is 5.73 Å². The second-order valence-electron chi connectivity index (χ2n) is 8.85. The van der Waals surface area contributed by atoms with Crippen molar-refractivity contribution < 1.29 is 21.2 Å². The predicted molar refractivity (Wildman–Crippen MR) is 143 cm³/mol. The summed E-state index contributed by atoms with van der Waals surface area (Å²) < 4.78 is 69.0. The van der Waals surface area contributed by atoms with Crippen LogP contribution in [0.3, 0.4) is 0 Å². The molecule has 0 spiro atoms. The van der Waals surface area contributed by atoms with Crippen molar-refractivity contribution in [1.29, 1.82) is 0 Å². The first-order chi connectivity index (χ1) is 18.6. The molecule has 3 heterocycles. The molecular weight excluding hydrogens is 543 g/mol. The molecule has 0 unspecified atom stereocenters. The maximum absolute atomic E-state index is 14.8. The molecule has 0 aliphatic rings. The summed E-state index contributed by atoms with van der Waals surface area (Å²) in [4.78, 5) is 4.33. The van der Waals surface area contributed by atoms with Gasteiger partial charge in [-0.1, -0.05) is 35.9 Å². The highest BCUT2D eigenvalue weighted by Crippen LogP contribution is 2.33. The molecule has 0 bridgehead atoms. The molecule has 6 rings (SSSR count). The van der Waals surface area contributed by atoms with Crippen LogP contribution in [0, 0.1) is 12.9 Å². The fourth-order valence-electron chi connectivity index (χ4n) is 4.29. The zero-order valence-corrected chi connectivity index (χ0v) is 21.9. The molecule has 0 saturated heterocycles. The van der Waals surface area contributed by atoms with Crippen molar-refractivity contribution in [3.05, 3.63) is 96.7 Å². The van der Waals surface area contributed by atoms with Gasteiger partial charge in [0.1, 0.15) is 0 Å². The Hall–Kier alpha value is -4.62. The highest BCUT2D eigenvalue weighted by atomic mass is 32.2. The number of nitrogens with zero attached hydrogens (tertiary/aromatic N) is 5. The molecule has 2 N–H and O–H groups in total. The first kappa shape index (κ1) is 24.7. The quantitative estimate of drug-likeness (QED) is 0.311. The minimum atomic E-state index is -4.22. The van der Waals surface area contributed by atoms with Crippen LogP contribution in [0.15, 0.2) is 95.0 Å². The molecule has 0 aliphatic heterocycles. The Bertz CT molecular complexity index is 2120. The number of hydrogen-bond acceptors (Lipinski definition) is 8. The lowest BCUT2D eigenvalue weighted by Crippen LogP contribution is -2.15. The van der Waals surface area contributed by atoms with Gasteiger partial charge >= 0.3 is 0 Å². The van der Waals surface area contributed by atoms with Crippen LogP contribution in [-0.4, -0.2) is 40.2 Å². The van der Waals surface area contributed by atoms with Crippen LogP contribution >= 0.6 is 0 Å². The summed E-state index contributed by atoms with van der Waals surface area (Å²) in [5.41, 5.74) is 7.99. The Labute approximate surface area is 222 Å². The molecule has 13 heteroatoms. The third kappa shape index (κ3) is 3.94. The third-order valence-electron chi connectivity index (χ3n) is 6.27. The van der Waals surface area contributed by atoms with Crippen molar-refractivity contribution in [3.8, 4) is 11.1 Å². The number of aromatic nitrogens is 5. The first-order valence-electron chi connectivity index (χ1n) is 11.5. The first-order valence-corrected chi connectivity index (χ1v) is 14.4. The molecule has 196 valence electrons. The summed E-state index contributed by atoms with van der Waals surface area (Å²) in [5.74, 6) is -1.02. The van der Waals surface area contributed by atoms with Crippen molar-refractivity contribution in [2.24, 2.45) is 0 Å². The van der Waals surface area contributed by atoms with Gasteiger partial charge < -0.3 is 5.73 Å². The molecule has 0 radical (unpaired) electrons. The summed E-state index contributed by atoms with van der Waals surface area (Å²) in [5, 5.41) is 7.96. The van der Waals surface area contributed by atoms with Gasteiger partial charge in [0, 0.05) is 22.8 Å². The summed E-state index contributed by atoms with van der Waals surface area (Å²) in [7, 11) is -8.22. The van der Waals surface area contributed by atoms with Crippen LogP contribution in [0.5, 0.6) is 0 Å². The molecule has 0 amide bonds. The number of nitrogens with two attached hydrogens (primary N) is 1. The average molecular weight is 563 g/mol. The Kier molecular flexibility index (Phi) is 5.52. The van der Waals surface area contributed by atoms with Gasteiger partial charge in [-0.15, -0.1) is 9.19 Å². The Balaban J connectivity index is 1.48. The van der Waals surface area contributed by atoms with Crippen LogP contribution in [0.1, 0.15) is 5.56 Å². The summed E-state index contributed by atoms with van der Waals surface area (Å²) in [6.45, 7) is 1.85. The number of fused-ring (bicyclic) bond motifs is 2. The molecule has 6 aromatic rings. The van der Waals surface area contributed by atoms with Gasteiger partial charge in [0.25, 0.3) is 20.0 Å². The lowest BCUT2D eigenvalue weighted by atomic mass is 10.0. The van der Waals surface area contributed by atoms with E-state index >= 15 is 0 Å². The maximum Gasteiger partial charge on any atom is 0.284 e. The second kappa shape index (κ2) is 8.71. The number of halogens is 1. The van der Waals surface area contributed by atoms with E-state index < -0.39 is 26.0 Å². The van der Waals surface area contributed by atoms with E-state index in [1.165, 1.54) is 48.8 Å². The second-order valence-corrected chi connectivity index (χ2v) is 12.4. The predicted octanol–water partition coefficient (Wildman–Crippen LogP) is 3.95. The van der Waals surface area contributed by atoms with Gasteiger partial charge in [0.05, 0.1) is 26.9 Å². The van der Waals surface area contributed by atoms with E-state index in [2.05, 4.69) is 15.2 Å². The van der Waals surface area contributed by atoms with Crippen LogP contribution in [-0.2, 0) is 20.0 Å². The van der Waals surface area contributed by atoms with Gasteiger partial charge in [0.2, 0.25) is 5.95 Å². The number of pyridine rings is 1. The standard InChI is InChI=1S/C26H19FN6O4S2/c1-16-7-9-21(10-8-16)39(36,37)33-26-19(15-30-33)11-18(14-29-26)17-12-22(28)24-23(13-17)32(31-25(24)27)38(34,35)20-5-3-2-4-6-20/h2-15H,28H2,1H3. The van der Waals surface area contributed by atoms with Gasteiger partial charge in [0.15, 0.2) is 5.65 Å². The van der Waals surface area contributed by atoms with Crippen molar-refractivity contribution in [2.45, 2.75) is 16.7 Å². The van der Waals surface area contributed by atoms with Gasteiger partial charge in [-0.3, -0.25) is 0 Å². The number of nitrogen functional groups attached to an aromatic ring is 1. The highest BCUT2D eigenvalue weighted by molar-refractivity contribution is 7.90. The van der Waals surface area contributed by atoms with Crippen molar-refractivity contribution in [2.75, 3.05) is 5.73 Å². The minimum Gasteiger partial charge on any atom is -0.398 e. The van der Waals surface area contributed by atoms with Crippen molar-refractivity contribution in [3.63, 3.8) is 0 Å². The number of aryl methyl sites for hydroxylation is 1. The van der Waals surface area contributed by atoms with Gasteiger partial charge in [-0.05, 0) is 55.0 Å². The van der Waals surface area contributed by atoms with E-state index in [1.54, 1.807) is 36.4 Å². The monoisotopic (exact) mass is 562 g/mol. The van der Waals surface area contributed by atoms with E-state index in [9.17, 15) is 21.2 Å². The molecule has 3 aromatic carbocycles. The van der Waals surface area contributed by atoms with Crippen molar-refractivity contribution in [1.82, 2.24) is 23.4 Å². The van der Waals surface area contributed by atoms with E-state index in [0.29, 0.717) is 20.6 Å². The third-order valence-corrected chi connectivity index (χ3v) is 9.46. The number of anilines is 1. The molecule has 0 atom stereocenters. The molecule has 0 aliphatic carbocycles. The molecule has 0 saturated carbocycles. The Morgan fingerprint density at radius 1 is 0.795 bits per heavy atom. The van der Waals surface area contributed by atoms with Crippen LogP contribution in [0.4, 0.5) is 10.1 Å². The van der Waals surface area contributed by atoms with Crippen LogP contribution < -0.4 is 5.73 Å². The van der Waals surface area contributed by atoms with E-state index in [-0.39, 0.29) is 32.0 Å². The fraction of sp³-hybridized carbons (Fsp3) is 0.0385. The minimum absolute atomic E-state index is 0.0211. The van der Waals surface area contributed by atoms with E-state index in [1.807, 2.05) is 6.92 Å². The lowest BCUT2D eigenvalue weighted by molar-refractivity contribution is 0.556. The van der Waals surface area contributed by atoms with Gasteiger partial charge in [-0.2, -0.15) is 30.4 Å².